The average molecular weight is 750 g/mol. The molecule has 19 nitrogen and oxygen atoms in total. The van der Waals surface area contributed by atoms with Gasteiger partial charge in [-0.05, 0) is 20.8 Å². The lowest BCUT2D eigenvalue weighted by Crippen LogP contribution is -2.34. The van der Waals surface area contributed by atoms with Gasteiger partial charge in [-0.2, -0.15) is 0 Å². The molecule has 0 aliphatic carbocycles. The standard InChI is InChI=1S/C23H46O19P4/c1-12-15(4)38-19(21(12)40-44(28,29)10-24)8-35-46(32,33)42-23-14(3)17(6)39-20(23)9-36-45(30,31)41-22-13(2)16(5)37-18(22)7-34-11-43(25,26)27/h12-24H,7-11H2,1-6H3,(H,28,29)(H,30,31)(H,32,33)(H2,25,26,27). The summed E-state index contributed by atoms with van der Waals surface area (Å²) in [5.41, 5.74) is 0. The van der Waals surface area contributed by atoms with Crippen LogP contribution < -0.4 is 0 Å². The Labute approximate surface area is 267 Å². The zero-order valence-electron chi connectivity index (χ0n) is 26.2. The second-order valence-corrected chi connectivity index (χ2v) is 18.1. The molecule has 0 saturated carbocycles. The van der Waals surface area contributed by atoms with Crippen LogP contribution in [-0.4, -0.2) is 117 Å². The number of rotatable bonds is 17. The Kier molecular flexibility index (Phi) is 14.3. The molecule has 3 saturated heterocycles. The molecule has 3 fully saturated rings. The molecule has 3 aliphatic heterocycles. The summed E-state index contributed by atoms with van der Waals surface area (Å²) < 4.78 is 97.4. The highest BCUT2D eigenvalue weighted by Crippen LogP contribution is 2.53. The van der Waals surface area contributed by atoms with Crippen molar-refractivity contribution in [2.24, 2.45) is 17.8 Å². The lowest BCUT2D eigenvalue weighted by molar-refractivity contribution is -0.0463. The molecule has 0 aromatic rings. The monoisotopic (exact) mass is 750 g/mol. The second kappa shape index (κ2) is 16.1. The smallest absolute Gasteiger partial charge is 0.384 e. The van der Waals surface area contributed by atoms with Crippen molar-refractivity contribution in [2.75, 3.05) is 32.5 Å². The predicted molar refractivity (Wildman–Crippen MR) is 156 cm³/mol. The van der Waals surface area contributed by atoms with Crippen molar-refractivity contribution >= 4 is 30.8 Å². The first-order valence-corrected chi connectivity index (χ1v) is 21.1. The van der Waals surface area contributed by atoms with E-state index in [1.165, 1.54) is 0 Å². The van der Waals surface area contributed by atoms with Crippen molar-refractivity contribution in [2.45, 2.75) is 96.5 Å². The Morgan fingerprint density at radius 2 is 0.913 bits per heavy atom. The highest BCUT2D eigenvalue weighted by atomic mass is 31.2. The van der Waals surface area contributed by atoms with Crippen molar-refractivity contribution in [1.82, 2.24) is 0 Å². The van der Waals surface area contributed by atoms with E-state index in [0.717, 1.165) is 0 Å². The van der Waals surface area contributed by atoms with Crippen LogP contribution in [0.25, 0.3) is 0 Å². The summed E-state index contributed by atoms with van der Waals surface area (Å²) >= 11 is 0. The summed E-state index contributed by atoms with van der Waals surface area (Å²) in [6, 6.07) is 0. The van der Waals surface area contributed by atoms with E-state index in [1.807, 2.05) is 0 Å². The van der Waals surface area contributed by atoms with Gasteiger partial charge in [0.05, 0.1) is 38.1 Å². The first kappa shape index (κ1) is 40.7. The lowest BCUT2D eigenvalue weighted by Gasteiger charge is -2.27. The molecule has 0 radical (unpaired) electrons. The Balaban J connectivity index is 1.60. The number of phosphoric acid groups is 2. The zero-order valence-corrected chi connectivity index (χ0v) is 29.8. The molecule has 272 valence electrons. The van der Waals surface area contributed by atoms with Crippen LogP contribution >= 0.6 is 30.8 Å². The van der Waals surface area contributed by atoms with E-state index in [9.17, 15) is 32.9 Å². The van der Waals surface area contributed by atoms with Crippen molar-refractivity contribution in [3.8, 4) is 0 Å². The van der Waals surface area contributed by atoms with E-state index < -0.39 is 129 Å². The maximum Gasteiger partial charge on any atom is 0.472 e. The van der Waals surface area contributed by atoms with Crippen LogP contribution in [-0.2, 0) is 59.8 Å². The fraction of sp³-hybridized carbons (Fsp3) is 1.00. The van der Waals surface area contributed by atoms with Gasteiger partial charge in [0.25, 0.3) is 0 Å². The molecule has 0 bridgehead atoms. The highest BCUT2D eigenvalue weighted by Gasteiger charge is 2.49. The molecule has 3 heterocycles. The first-order valence-electron chi connectivity index (χ1n) is 14.6. The van der Waals surface area contributed by atoms with Crippen molar-refractivity contribution in [3.05, 3.63) is 0 Å². The van der Waals surface area contributed by atoms with E-state index in [1.54, 1.807) is 41.5 Å². The Bertz CT molecular complexity index is 1200. The number of ether oxygens (including phenoxy) is 4. The van der Waals surface area contributed by atoms with Gasteiger partial charge < -0.3 is 53.0 Å². The molecule has 15 unspecified atom stereocenters. The Hall–Kier alpha value is 0.320. The molecule has 3 aliphatic rings. The van der Waals surface area contributed by atoms with Crippen molar-refractivity contribution in [1.29, 1.82) is 0 Å². The van der Waals surface area contributed by atoms with Gasteiger partial charge in [0.1, 0.15) is 49.3 Å². The quantitative estimate of drug-likeness (QED) is 0.116. The SMILES string of the molecule is CC1OC(COP(=O)(O)OC2C(COP(=O)(O)OC3C(COCP(=O)(O)O)OC(C)C3C)OC(C)C2C)C(OP(=O)(O)CO)C1C. The van der Waals surface area contributed by atoms with Gasteiger partial charge in [-0.3, -0.25) is 27.2 Å². The van der Waals surface area contributed by atoms with Crippen LogP contribution in [0.15, 0.2) is 0 Å². The molecule has 0 amide bonds. The molecule has 6 N–H and O–H groups in total. The van der Waals surface area contributed by atoms with Crippen LogP contribution in [0, 0.1) is 17.8 Å². The summed E-state index contributed by atoms with van der Waals surface area (Å²) in [6.45, 7) is 8.53. The van der Waals surface area contributed by atoms with Crippen LogP contribution in [0.5, 0.6) is 0 Å². The van der Waals surface area contributed by atoms with E-state index in [2.05, 4.69) is 0 Å². The molecule has 0 spiro atoms. The minimum atomic E-state index is -4.86. The lowest BCUT2D eigenvalue weighted by atomic mass is 10.00. The van der Waals surface area contributed by atoms with Gasteiger partial charge in [-0.15, -0.1) is 0 Å². The predicted octanol–water partition coefficient (Wildman–Crippen LogP) is 1.93. The van der Waals surface area contributed by atoms with E-state index >= 15 is 0 Å². The van der Waals surface area contributed by atoms with Gasteiger partial charge >= 0.3 is 30.8 Å². The Morgan fingerprint density at radius 3 is 1.26 bits per heavy atom. The largest absolute Gasteiger partial charge is 0.472 e. The van der Waals surface area contributed by atoms with E-state index in [-0.39, 0.29) is 6.61 Å². The Morgan fingerprint density at radius 1 is 0.565 bits per heavy atom. The molecule has 0 aromatic carbocycles. The maximum absolute atomic E-state index is 13.0. The van der Waals surface area contributed by atoms with Crippen LogP contribution in [0.4, 0.5) is 0 Å². The summed E-state index contributed by atoms with van der Waals surface area (Å²) in [4.78, 5) is 48.8. The van der Waals surface area contributed by atoms with Gasteiger partial charge in [0, 0.05) is 17.8 Å². The van der Waals surface area contributed by atoms with Gasteiger partial charge in [-0.1, -0.05) is 20.8 Å². The van der Waals surface area contributed by atoms with Gasteiger partial charge in [0.15, 0.2) is 0 Å². The molecule has 46 heavy (non-hydrogen) atoms. The number of hydrogen-bond donors (Lipinski definition) is 6. The van der Waals surface area contributed by atoms with Crippen LogP contribution in [0.3, 0.4) is 0 Å². The molecule has 0 aromatic heterocycles. The normalized spacial score (nSPS) is 40.9. The summed E-state index contributed by atoms with van der Waals surface area (Å²) in [6.07, 6.45) is -9.82. The van der Waals surface area contributed by atoms with E-state index in [0.29, 0.717) is 0 Å². The highest BCUT2D eigenvalue weighted by molar-refractivity contribution is 7.52. The topological polar surface area (TPSA) is 273 Å². The molecule has 3 rings (SSSR count). The second-order valence-electron chi connectivity index (χ2n) is 11.9. The fourth-order valence-corrected chi connectivity index (χ4v) is 8.54. The first-order chi connectivity index (χ1) is 21.0. The molecule has 15 atom stereocenters. The number of aliphatic hydroxyl groups excluding tert-OH is 1. The minimum Gasteiger partial charge on any atom is -0.384 e. The summed E-state index contributed by atoms with van der Waals surface area (Å²) in [7, 11) is -18.5. The third-order valence-corrected chi connectivity index (χ3v) is 11.8. The zero-order chi connectivity index (χ0) is 34.8. The van der Waals surface area contributed by atoms with Gasteiger partial charge in [0.2, 0.25) is 0 Å². The number of aliphatic hydroxyl groups is 1. The molecular weight excluding hydrogens is 704 g/mol. The van der Waals surface area contributed by atoms with E-state index in [4.69, 9.17) is 56.5 Å². The third-order valence-electron chi connectivity index (χ3n) is 8.36. The third kappa shape index (κ3) is 11.4. The molecular formula is C23H46O19P4. The van der Waals surface area contributed by atoms with Crippen molar-refractivity contribution in [3.63, 3.8) is 0 Å². The average Bonchev–Trinajstić information content (AvgIpc) is 3.46. The summed E-state index contributed by atoms with van der Waals surface area (Å²) in [5.74, 6) is -1.37. The molecule has 23 heteroatoms. The van der Waals surface area contributed by atoms with Crippen molar-refractivity contribution < 1.29 is 89.4 Å². The van der Waals surface area contributed by atoms with Crippen LogP contribution in [0.2, 0.25) is 0 Å². The summed E-state index contributed by atoms with van der Waals surface area (Å²) in [5, 5.41) is 9.12. The van der Waals surface area contributed by atoms with Gasteiger partial charge in [-0.25, -0.2) is 9.13 Å². The maximum atomic E-state index is 13.0. The number of hydrogen-bond acceptors (Lipinski definition) is 14. The minimum absolute atomic E-state index is 0.329. The fourth-order valence-electron chi connectivity index (χ4n) is 5.36. The van der Waals surface area contributed by atoms with Crippen LogP contribution in [0.1, 0.15) is 41.5 Å². The number of phosphoric ester groups is 2.